The van der Waals surface area contributed by atoms with Gasteiger partial charge in [0.2, 0.25) is 0 Å². The molecule has 0 heterocycles. The SMILES string of the molecule is CCOc1ccc(S(=O)(=O)N(c2ccc(C(F)(F)F)cc2OCc2ccc(/C=C/C(=O)O)cc2)C(C)C)cc1. The number of rotatable bonds is 11. The third kappa shape index (κ3) is 7.53. The second-order valence-corrected chi connectivity index (χ2v) is 10.5. The molecule has 11 heteroatoms. The highest BCUT2D eigenvalue weighted by Crippen LogP contribution is 2.40. The van der Waals surface area contributed by atoms with Crippen LogP contribution in [-0.2, 0) is 27.6 Å². The second kappa shape index (κ2) is 12.2. The van der Waals surface area contributed by atoms with Crippen LogP contribution in [0, 0.1) is 0 Å². The van der Waals surface area contributed by atoms with Gasteiger partial charge in [-0.05, 0) is 80.4 Å². The van der Waals surface area contributed by atoms with E-state index < -0.39 is 33.8 Å². The van der Waals surface area contributed by atoms with Crippen LogP contribution >= 0.6 is 0 Å². The van der Waals surface area contributed by atoms with Crippen molar-refractivity contribution in [1.29, 1.82) is 0 Å². The van der Waals surface area contributed by atoms with E-state index in [-0.39, 0.29) is 22.9 Å². The van der Waals surface area contributed by atoms with Gasteiger partial charge in [-0.3, -0.25) is 4.31 Å². The Morgan fingerprint density at radius 1 is 1.00 bits per heavy atom. The van der Waals surface area contributed by atoms with Crippen LogP contribution < -0.4 is 13.8 Å². The number of aliphatic carboxylic acids is 1. The Morgan fingerprint density at radius 2 is 1.64 bits per heavy atom. The number of benzene rings is 3. The lowest BCUT2D eigenvalue weighted by Crippen LogP contribution is -2.37. The number of carboxylic acids is 1. The molecule has 3 rings (SSSR count). The van der Waals surface area contributed by atoms with Gasteiger partial charge in [0.05, 0.1) is 22.8 Å². The predicted octanol–water partition coefficient (Wildman–Crippen LogP) is 6.38. The molecule has 0 saturated heterocycles. The molecule has 39 heavy (non-hydrogen) atoms. The molecule has 0 amide bonds. The first-order chi connectivity index (χ1) is 18.3. The molecule has 7 nitrogen and oxygen atoms in total. The number of carboxylic acid groups (broad SMARTS) is 1. The van der Waals surface area contributed by atoms with Crippen molar-refractivity contribution in [3.05, 3.63) is 89.5 Å². The fourth-order valence-electron chi connectivity index (χ4n) is 3.71. The number of sulfonamides is 1. The average molecular weight is 564 g/mol. The van der Waals surface area contributed by atoms with Crippen molar-refractivity contribution in [2.24, 2.45) is 0 Å². The molecule has 0 fully saturated rings. The van der Waals surface area contributed by atoms with Gasteiger partial charge < -0.3 is 14.6 Å². The van der Waals surface area contributed by atoms with E-state index in [2.05, 4.69) is 0 Å². The number of ether oxygens (including phenoxy) is 2. The number of hydrogen-bond acceptors (Lipinski definition) is 5. The van der Waals surface area contributed by atoms with Crippen molar-refractivity contribution in [1.82, 2.24) is 0 Å². The second-order valence-electron chi connectivity index (χ2n) is 8.68. The van der Waals surface area contributed by atoms with Crippen molar-refractivity contribution in [3.8, 4) is 11.5 Å². The summed E-state index contributed by atoms with van der Waals surface area (Å²) < 4.78 is 80.1. The highest BCUT2D eigenvalue weighted by molar-refractivity contribution is 7.92. The maximum absolute atomic E-state index is 13.7. The van der Waals surface area contributed by atoms with E-state index in [1.807, 2.05) is 0 Å². The molecule has 0 aliphatic heterocycles. The van der Waals surface area contributed by atoms with Crippen LogP contribution in [0.25, 0.3) is 6.08 Å². The molecule has 0 radical (unpaired) electrons. The molecule has 208 valence electrons. The van der Waals surface area contributed by atoms with Crippen LogP contribution in [0.5, 0.6) is 11.5 Å². The summed E-state index contributed by atoms with van der Waals surface area (Å²) in [6.07, 6.45) is -2.30. The number of halogens is 3. The lowest BCUT2D eigenvalue weighted by molar-refractivity contribution is -0.137. The van der Waals surface area contributed by atoms with E-state index in [0.29, 0.717) is 23.5 Å². The van der Waals surface area contributed by atoms with Crippen LogP contribution in [0.15, 0.2) is 77.7 Å². The Hall–Kier alpha value is -3.99. The van der Waals surface area contributed by atoms with Gasteiger partial charge in [-0.25, -0.2) is 13.2 Å². The standard InChI is InChI=1S/C28H28F3NO6S/c1-4-37-23-11-13-24(14-12-23)39(35,36)32(19(2)3)25-15-10-22(28(29,30)31)17-26(25)38-18-21-7-5-20(6-8-21)9-16-27(33)34/h5-17,19H,4,18H2,1-3H3,(H,33,34)/b16-9+. The summed E-state index contributed by atoms with van der Waals surface area (Å²) in [5.41, 5.74) is 0.148. The first-order valence-electron chi connectivity index (χ1n) is 11.9. The lowest BCUT2D eigenvalue weighted by atomic mass is 10.1. The van der Waals surface area contributed by atoms with Crippen molar-refractivity contribution >= 4 is 27.8 Å². The van der Waals surface area contributed by atoms with Gasteiger partial charge in [-0.15, -0.1) is 0 Å². The lowest BCUT2D eigenvalue weighted by Gasteiger charge is -2.30. The van der Waals surface area contributed by atoms with Gasteiger partial charge in [-0.1, -0.05) is 24.3 Å². The van der Waals surface area contributed by atoms with Gasteiger partial charge in [0.25, 0.3) is 10.0 Å². The monoisotopic (exact) mass is 563 g/mol. The molecular formula is C28H28F3NO6S. The molecule has 3 aromatic rings. The third-order valence-electron chi connectivity index (χ3n) is 5.48. The molecule has 0 aliphatic carbocycles. The summed E-state index contributed by atoms with van der Waals surface area (Å²) in [6, 6.07) is 14.3. The van der Waals surface area contributed by atoms with Crippen LogP contribution in [0.2, 0.25) is 0 Å². The van der Waals surface area contributed by atoms with Gasteiger partial charge in [0.15, 0.2) is 0 Å². The Labute approximate surface area is 225 Å². The smallest absolute Gasteiger partial charge is 0.416 e. The van der Waals surface area contributed by atoms with E-state index in [1.165, 1.54) is 30.3 Å². The Morgan fingerprint density at radius 3 is 2.18 bits per heavy atom. The fraction of sp³-hybridized carbons (Fsp3) is 0.250. The van der Waals surface area contributed by atoms with Crippen molar-refractivity contribution in [3.63, 3.8) is 0 Å². The quantitative estimate of drug-likeness (QED) is 0.272. The molecule has 0 saturated carbocycles. The minimum Gasteiger partial charge on any atom is -0.494 e. The van der Waals surface area contributed by atoms with E-state index in [9.17, 15) is 26.4 Å². The molecule has 1 N–H and O–H groups in total. The number of alkyl halides is 3. The minimum atomic E-state index is -4.68. The van der Waals surface area contributed by atoms with E-state index in [0.717, 1.165) is 28.6 Å². The van der Waals surface area contributed by atoms with Crippen LogP contribution in [-0.4, -0.2) is 32.1 Å². The molecular weight excluding hydrogens is 535 g/mol. The predicted molar refractivity (Wildman–Crippen MR) is 141 cm³/mol. The summed E-state index contributed by atoms with van der Waals surface area (Å²) in [5.74, 6) is -0.882. The first-order valence-corrected chi connectivity index (χ1v) is 13.4. The zero-order chi connectivity index (χ0) is 28.8. The minimum absolute atomic E-state index is 0.0482. The highest BCUT2D eigenvalue weighted by atomic mass is 32.2. The summed E-state index contributed by atoms with van der Waals surface area (Å²) in [7, 11) is -4.20. The zero-order valence-electron chi connectivity index (χ0n) is 21.5. The van der Waals surface area contributed by atoms with Gasteiger partial charge in [0.1, 0.15) is 18.1 Å². The summed E-state index contributed by atoms with van der Waals surface area (Å²) in [6.45, 7) is 5.25. The molecule has 0 aromatic heterocycles. The molecule has 0 aliphatic rings. The third-order valence-corrected chi connectivity index (χ3v) is 7.48. The molecule has 3 aromatic carbocycles. The topological polar surface area (TPSA) is 93.1 Å². The Balaban J connectivity index is 2.00. The summed E-state index contributed by atoms with van der Waals surface area (Å²) >= 11 is 0. The van der Waals surface area contributed by atoms with Crippen LogP contribution in [0.4, 0.5) is 18.9 Å². The van der Waals surface area contributed by atoms with Crippen molar-refractivity contribution in [2.45, 2.75) is 44.5 Å². The molecule has 0 atom stereocenters. The van der Waals surface area contributed by atoms with Crippen molar-refractivity contribution in [2.75, 3.05) is 10.9 Å². The highest BCUT2D eigenvalue weighted by Gasteiger charge is 2.34. The van der Waals surface area contributed by atoms with E-state index in [4.69, 9.17) is 14.6 Å². The Kier molecular flexibility index (Phi) is 9.28. The summed E-state index contributed by atoms with van der Waals surface area (Å²) in [5, 5.41) is 8.75. The average Bonchev–Trinajstić information content (AvgIpc) is 2.87. The van der Waals surface area contributed by atoms with Crippen LogP contribution in [0.3, 0.4) is 0 Å². The van der Waals surface area contributed by atoms with Gasteiger partial charge in [0, 0.05) is 12.1 Å². The van der Waals surface area contributed by atoms with Crippen molar-refractivity contribution < 1.29 is 41.0 Å². The maximum Gasteiger partial charge on any atom is 0.416 e. The van der Waals surface area contributed by atoms with Crippen LogP contribution in [0.1, 0.15) is 37.5 Å². The summed E-state index contributed by atoms with van der Waals surface area (Å²) in [4.78, 5) is 10.6. The largest absolute Gasteiger partial charge is 0.494 e. The number of nitrogens with zero attached hydrogens (tertiary/aromatic N) is 1. The van der Waals surface area contributed by atoms with Gasteiger partial charge in [-0.2, -0.15) is 13.2 Å². The maximum atomic E-state index is 13.7. The number of anilines is 1. The molecule has 0 unspecified atom stereocenters. The normalized spacial score (nSPS) is 12.1. The van der Waals surface area contributed by atoms with E-state index in [1.54, 1.807) is 45.0 Å². The first kappa shape index (κ1) is 29.6. The van der Waals surface area contributed by atoms with E-state index >= 15 is 0 Å². The molecule has 0 spiro atoms. The molecule has 0 bridgehead atoms. The fourth-order valence-corrected chi connectivity index (χ4v) is 5.39. The number of carbonyl (C=O) groups is 1. The number of hydrogen-bond donors (Lipinski definition) is 1. The zero-order valence-corrected chi connectivity index (χ0v) is 22.3. The Bertz CT molecular complexity index is 1420. The van der Waals surface area contributed by atoms with Gasteiger partial charge >= 0.3 is 12.1 Å².